The number of unbranched alkanes of at least 4 members (excludes halogenated alkanes) is 1. The lowest BCUT2D eigenvalue weighted by Crippen LogP contribution is -2.47. The maximum Gasteiger partial charge on any atom is 0.230 e. The molecule has 1 rings (SSSR count). The second-order valence-electron chi connectivity index (χ2n) is 6.57. The molecule has 3 nitrogen and oxygen atoms in total. The molecule has 0 radical (unpaired) electrons. The highest BCUT2D eigenvalue weighted by molar-refractivity contribution is 7.99. The van der Waals surface area contributed by atoms with Crippen LogP contribution in [0.15, 0.2) is 0 Å². The van der Waals surface area contributed by atoms with Gasteiger partial charge in [-0.2, -0.15) is 11.8 Å². The van der Waals surface area contributed by atoms with Gasteiger partial charge in [0.2, 0.25) is 5.91 Å². The van der Waals surface area contributed by atoms with E-state index in [1.807, 2.05) is 0 Å². The van der Waals surface area contributed by atoms with Crippen molar-refractivity contribution in [1.29, 1.82) is 0 Å². The van der Waals surface area contributed by atoms with Gasteiger partial charge < -0.3 is 10.4 Å². The fourth-order valence-electron chi connectivity index (χ4n) is 2.29. The molecule has 1 saturated carbocycles. The molecule has 0 atom stereocenters. The maximum absolute atomic E-state index is 11.7. The Morgan fingerprint density at radius 3 is 2.47 bits per heavy atom. The predicted octanol–water partition coefficient (Wildman–Crippen LogP) is 2.97. The lowest BCUT2D eigenvalue weighted by atomic mass is 9.71. The molecule has 0 bridgehead atoms. The minimum atomic E-state index is -0.681. The third-order valence-corrected chi connectivity index (χ3v) is 5.07. The number of thioether (sulfide) groups is 1. The first kappa shape index (κ1) is 16.8. The van der Waals surface area contributed by atoms with Crippen LogP contribution in [-0.4, -0.2) is 34.7 Å². The van der Waals surface area contributed by atoms with Crippen LogP contribution in [0.3, 0.4) is 0 Å². The highest BCUT2D eigenvalue weighted by Crippen LogP contribution is 2.39. The van der Waals surface area contributed by atoms with Crippen LogP contribution >= 0.6 is 11.8 Å². The Hall–Kier alpha value is -0.220. The zero-order valence-corrected chi connectivity index (χ0v) is 13.4. The Labute approximate surface area is 121 Å². The summed E-state index contributed by atoms with van der Waals surface area (Å²) in [6, 6.07) is 0. The van der Waals surface area contributed by atoms with Crippen LogP contribution < -0.4 is 5.32 Å². The van der Waals surface area contributed by atoms with Gasteiger partial charge in [-0.3, -0.25) is 4.79 Å². The second-order valence-corrected chi connectivity index (χ2v) is 7.68. The smallest absolute Gasteiger partial charge is 0.230 e. The number of amides is 1. The van der Waals surface area contributed by atoms with Crippen molar-refractivity contribution in [1.82, 2.24) is 5.32 Å². The number of aliphatic hydroxyl groups is 1. The average molecular weight is 287 g/mol. The molecule has 0 aliphatic heterocycles. The second kappa shape index (κ2) is 7.53. The molecular formula is C15H29NO2S. The Morgan fingerprint density at radius 2 is 1.89 bits per heavy atom. The van der Waals surface area contributed by atoms with Crippen LogP contribution in [0, 0.1) is 5.41 Å². The Bertz CT molecular complexity index is 282. The topological polar surface area (TPSA) is 49.3 Å². The number of nitrogens with one attached hydrogen (secondary N) is 1. The summed E-state index contributed by atoms with van der Waals surface area (Å²) in [5.41, 5.74) is -0.342. The van der Waals surface area contributed by atoms with Gasteiger partial charge in [-0.15, -0.1) is 0 Å². The predicted molar refractivity (Wildman–Crippen MR) is 82.4 cm³/mol. The summed E-state index contributed by atoms with van der Waals surface area (Å²) in [5.74, 6) is 1.61. The zero-order chi connectivity index (χ0) is 14.4. The van der Waals surface area contributed by atoms with Gasteiger partial charge in [0.25, 0.3) is 0 Å². The standard InChI is InChI=1S/C15H29NO2S/c1-4-5-10-19-11-13(17)16-12-15(18)8-6-14(2,3)7-9-15/h18H,4-12H2,1-3H3,(H,16,17). The lowest BCUT2D eigenvalue weighted by Gasteiger charge is -2.40. The number of carbonyl (C=O) groups is 1. The van der Waals surface area contributed by atoms with Gasteiger partial charge in [0.15, 0.2) is 0 Å². The van der Waals surface area contributed by atoms with E-state index in [0.29, 0.717) is 17.7 Å². The highest BCUT2D eigenvalue weighted by Gasteiger charge is 2.36. The molecule has 1 amide bonds. The quantitative estimate of drug-likeness (QED) is 0.708. The van der Waals surface area contributed by atoms with E-state index in [1.165, 1.54) is 6.42 Å². The molecule has 19 heavy (non-hydrogen) atoms. The van der Waals surface area contributed by atoms with Crippen molar-refractivity contribution in [3.8, 4) is 0 Å². The van der Waals surface area contributed by atoms with Crippen molar-refractivity contribution in [3.05, 3.63) is 0 Å². The number of hydrogen-bond donors (Lipinski definition) is 2. The van der Waals surface area contributed by atoms with Crippen LogP contribution in [0.1, 0.15) is 59.3 Å². The number of hydrogen-bond acceptors (Lipinski definition) is 3. The van der Waals surface area contributed by atoms with Gasteiger partial charge in [-0.1, -0.05) is 27.2 Å². The molecule has 112 valence electrons. The minimum Gasteiger partial charge on any atom is -0.388 e. The van der Waals surface area contributed by atoms with Crippen molar-refractivity contribution in [2.75, 3.05) is 18.1 Å². The van der Waals surface area contributed by atoms with E-state index in [0.717, 1.165) is 37.9 Å². The third-order valence-electron chi connectivity index (χ3n) is 4.02. The van der Waals surface area contributed by atoms with Gasteiger partial charge in [0, 0.05) is 6.54 Å². The van der Waals surface area contributed by atoms with Crippen LogP contribution in [0.4, 0.5) is 0 Å². The van der Waals surface area contributed by atoms with E-state index in [4.69, 9.17) is 0 Å². The molecule has 4 heteroatoms. The molecule has 0 saturated heterocycles. The largest absolute Gasteiger partial charge is 0.388 e. The van der Waals surface area contributed by atoms with Gasteiger partial charge in [-0.05, 0) is 43.3 Å². The first-order valence-electron chi connectivity index (χ1n) is 7.44. The summed E-state index contributed by atoms with van der Waals surface area (Å²) < 4.78 is 0. The van der Waals surface area contributed by atoms with Gasteiger partial charge in [-0.25, -0.2) is 0 Å². The van der Waals surface area contributed by atoms with Crippen molar-refractivity contribution in [2.24, 2.45) is 5.41 Å². The van der Waals surface area contributed by atoms with Crippen molar-refractivity contribution in [2.45, 2.75) is 64.9 Å². The Kier molecular flexibility index (Phi) is 6.67. The van der Waals surface area contributed by atoms with Gasteiger partial charge in [0.1, 0.15) is 0 Å². The van der Waals surface area contributed by atoms with Crippen molar-refractivity contribution in [3.63, 3.8) is 0 Å². The first-order chi connectivity index (χ1) is 8.87. The first-order valence-corrected chi connectivity index (χ1v) is 8.59. The molecule has 0 aromatic heterocycles. The van der Waals surface area contributed by atoms with E-state index in [2.05, 4.69) is 26.1 Å². The van der Waals surface area contributed by atoms with Crippen LogP contribution in [0.25, 0.3) is 0 Å². The minimum absolute atomic E-state index is 0.0550. The Balaban J connectivity index is 2.19. The lowest BCUT2D eigenvalue weighted by molar-refractivity contribution is -0.120. The van der Waals surface area contributed by atoms with E-state index >= 15 is 0 Å². The molecule has 0 unspecified atom stereocenters. The van der Waals surface area contributed by atoms with Gasteiger partial charge >= 0.3 is 0 Å². The molecule has 1 aliphatic rings. The molecule has 1 fully saturated rings. The monoisotopic (exact) mass is 287 g/mol. The molecular weight excluding hydrogens is 258 g/mol. The summed E-state index contributed by atoms with van der Waals surface area (Å²) >= 11 is 1.68. The van der Waals surface area contributed by atoms with E-state index < -0.39 is 5.60 Å². The highest BCUT2D eigenvalue weighted by atomic mass is 32.2. The summed E-state index contributed by atoms with van der Waals surface area (Å²) in [6.45, 7) is 7.06. The summed E-state index contributed by atoms with van der Waals surface area (Å²) in [5, 5.41) is 13.3. The van der Waals surface area contributed by atoms with E-state index in [-0.39, 0.29) is 5.91 Å². The molecule has 0 heterocycles. The average Bonchev–Trinajstić information content (AvgIpc) is 2.37. The SMILES string of the molecule is CCCCSCC(=O)NCC1(O)CCC(C)(C)CC1. The normalized spacial score (nSPS) is 21.1. The Morgan fingerprint density at radius 1 is 1.26 bits per heavy atom. The zero-order valence-electron chi connectivity index (χ0n) is 12.6. The van der Waals surface area contributed by atoms with Crippen LogP contribution in [0.5, 0.6) is 0 Å². The fourth-order valence-corrected chi connectivity index (χ4v) is 3.22. The van der Waals surface area contributed by atoms with Crippen molar-refractivity contribution < 1.29 is 9.90 Å². The third kappa shape index (κ3) is 6.66. The summed E-state index contributed by atoms with van der Waals surface area (Å²) in [7, 11) is 0. The van der Waals surface area contributed by atoms with E-state index in [1.54, 1.807) is 11.8 Å². The number of rotatable bonds is 7. The molecule has 0 aromatic carbocycles. The fraction of sp³-hybridized carbons (Fsp3) is 0.933. The maximum atomic E-state index is 11.7. The molecule has 1 aliphatic carbocycles. The summed E-state index contributed by atoms with van der Waals surface area (Å²) in [4.78, 5) is 11.7. The van der Waals surface area contributed by atoms with Crippen LogP contribution in [-0.2, 0) is 4.79 Å². The molecule has 0 aromatic rings. The summed E-state index contributed by atoms with van der Waals surface area (Å²) in [6.07, 6.45) is 5.99. The van der Waals surface area contributed by atoms with Gasteiger partial charge in [0.05, 0.1) is 11.4 Å². The van der Waals surface area contributed by atoms with Crippen molar-refractivity contribution >= 4 is 17.7 Å². The molecule has 2 N–H and O–H groups in total. The van der Waals surface area contributed by atoms with E-state index in [9.17, 15) is 9.90 Å². The van der Waals surface area contributed by atoms with Crippen LogP contribution in [0.2, 0.25) is 0 Å². The molecule has 0 spiro atoms. The number of carbonyl (C=O) groups excluding carboxylic acids is 1.